The van der Waals surface area contributed by atoms with E-state index in [1.54, 1.807) is 0 Å². The number of rotatable bonds is 4. The van der Waals surface area contributed by atoms with Gasteiger partial charge in [0.1, 0.15) is 6.54 Å². The summed E-state index contributed by atoms with van der Waals surface area (Å²) in [6, 6.07) is 2.81. The average molecular weight is 298 g/mol. The number of aromatic carboxylic acids is 1. The Hall–Kier alpha value is -1.81. The van der Waals surface area contributed by atoms with E-state index in [0.717, 1.165) is 18.2 Å². The Morgan fingerprint density at radius 2 is 1.95 bits per heavy atom. The van der Waals surface area contributed by atoms with E-state index in [-0.39, 0.29) is 5.69 Å². The molecule has 106 valence electrons. The molecule has 0 saturated heterocycles. The predicted molar refractivity (Wildman–Crippen MR) is 59.1 cm³/mol. The third-order valence-corrected chi connectivity index (χ3v) is 3.43. The van der Waals surface area contributed by atoms with E-state index in [4.69, 9.17) is 10.8 Å². The Bertz CT molecular complexity index is 598. The van der Waals surface area contributed by atoms with Gasteiger partial charge in [0.05, 0.1) is 10.5 Å². The molecule has 0 aliphatic heterocycles. The Morgan fingerprint density at radius 3 is 2.42 bits per heavy atom. The zero-order valence-corrected chi connectivity index (χ0v) is 10.0. The number of nitrogen functional groups attached to an aromatic ring is 1. The number of carboxylic acid groups (broad SMARTS) is 1. The van der Waals surface area contributed by atoms with Crippen LogP contribution in [0.4, 0.5) is 18.9 Å². The minimum Gasteiger partial charge on any atom is -0.478 e. The Kier molecular flexibility index (Phi) is 4.06. The summed E-state index contributed by atoms with van der Waals surface area (Å²) in [6.45, 7) is -1.80. The molecular formula is C9H9F3N2O4S. The molecule has 4 N–H and O–H groups in total. The van der Waals surface area contributed by atoms with Crippen LogP contribution in [0.1, 0.15) is 10.4 Å². The number of anilines is 1. The molecule has 0 unspecified atom stereocenters. The van der Waals surface area contributed by atoms with Crippen molar-refractivity contribution in [3.05, 3.63) is 23.8 Å². The lowest BCUT2D eigenvalue weighted by atomic mass is 10.2. The molecule has 0 aliphatic rings. The minimum atomic E-state index is -4.75. The highest BCUT2D eigenvalue weighted by Gasteiger charge is 2.31. The summed E-state index contributed by atoms with van der Waals surface area (Å²) < 4.78 is 60.4. The van der Waals surface area contributed by atoms with Crippen LogP contribution in [-0.4, -0.2) is 32.2 Å². The third kappa shape index (κ3) is 4.10. The average Bonchev–Trinajstić information content (AvgIpc) is 2.25. The SMILES string of the molecule is Nc1ccc(C(=O)O)c(S(=O)(=O)NCC(F)(F)F)c1. The topological polar surface area (TPSA) is 109 Å². The largest absolute Gasteiger partial charge is 0.478 e. The molecule has 0 aliphatic carbocycles. The van der Waals surface area contributed by atoms with Crippen LogP contribution in [0.15, 0.2) is 23.1 Å². The summed E-state index contributed by atoms with van der Waals surface area (Å²) in [5.41, 5.74) is 4.55. The van der Waals surface area contributed by atoms with Gasteiger partial charge in [-0.2, -0.15) is 13.2 Å². The van der Waals surface area contributed by atoms with Crippen LogP contribution in [0.25, 0.3) is 0 Å². The van der Waals surface area contributed by atoms with Crippen LogP contribution < -0.4 is 10.5 Å². The molecule has 0 radical (unpaired) electrons. The monoisotopic (exact) mass is 298 g/mol. The van der Waals surface area contributed by atoms with Crippen LogP contribution in [0.3, 0.4) is 0 Å². The molecule has 1 aromatic carbocycles. The van der Waals surface area contributed by atoms with Gasteiger partial charge in [-0.3, -0.25) is 0 Å². The third-order valence-electron chi connectivity index (χ3n) is 1.99. The second kappa shape index (κ2) is 5.05. The number of halogens is 3. The maximum atomic E-state index is 12.0. The van der Waals surface area contributed by atoms with Crippen LogP contribution in [0.2, 0.25) is 0 Å². The number of hydrogen-bond acceptors (Lipinski definition) is 4. The van der Waals surface area contributed by atoms with Crippen molar-refractivity contribution in [2.75, 3.05) is 12.3 Å². The predicted octanol–water partition coefficient (Wildman–Crippen LogP) is 0.808. The van der Waals surface area contributed by atoms with Crippen molar-refractivity contribution in [2.24, 2.45) is 0 Å². The van der Waals surface area contributed by atoms with Gasteiger partial charge in [-0.05, 0) is 18.2 Å². The maximum Gasteiger partial charge on any atom is 0.402 e. The smallest absolute Gasteiger partial charge is 0.402 e. The van der Waals surface area contributed by atoms with Crippen molar-refractivity contribution in [2.45, 2.75) is 11.1 Å². The van der Waals surface area contributed by atoms with Gasteiger partial charge in [0.15, 0.2) is 0 Å². The van der Waals surface area contributed by atoms with Gasteiger partial charge >= 0.3 is 12.1 Å². The number of sulfonamides is 1. The number of hydrogen-bond donors (Lipinski definition) is 3. The molecular weight excluding hydrogens is 289 g/mol. The van der Waals surface area contributed by atoms with Gasteiger partial charge in [0.2, 0.25) is 10.0 Å². The van der Waals surface area contributed by atoms with Gasteiger partial charge in [-0.1, -0.05) is 0 Å². The summed E-state index contributed by atoms with van der Waals surface area (Å²) in [5, 5.41) is 8.79. The van der Waals surface area contributed by atoms with E-state index >= 15 is 0 Å². The van der Waals surface area contributed by atoms with E-state index in [9.17, 15) is 26.4 Å². The fourth-order valence-electron chi connectivity index (χ4n) is 1.19. The van der Waals surface area contributed by atoms with Crippen molar-refractivity contribution in [3.8, 4) is 0 Å². The molecule has 0 amide bonds. The standard InChI is InChI=1S/C9H9F3N2O4S/c10-9(11,12)4-14-19(17,18)7-3-5(13)1-2-6(7)8(15)16/h1-3,14H,4,13H2,(H,15,16). The lowest BCUT2D eigenvalue weighted by molar-refractivity contribution is -0.121. The first-order valence-electron chi connectivity index (χ1n) is 4.72. The number of nitrogens with two attached hydrogens (primary N) is 1. The molecule has 10 heteroatoms. The number of benzene rings is 1. The molecule has 0 bridgehead atoms. The number of alkyl halides is 3. The summed E-state index contributed by atoms with van der Waals surface area (Å²) >= 11 is 0. The van der Waals surface area contributed by atoms with E-state index in [1.165, 1.54) is 4.72 Å². The van der Waals surface area contributed by atoms with E-state index in [0.29, 0.717) is 0 Å². The second-order valence-electron chi connectivity index (χ2n) is 3.50. The molecule has 0 atom stereocenters. The van der Waals surface area contributed by atoms with E-state index in [1.807, 2.05) is 0 Å². The van der Waals surface area contributed by atoms with Gasteiger partial charge < -0.3 is 10.8 Å². The van der Waals surface area contributed by atoms with Crippen LogP contribution in [0.5, 0.6) is 0 Å². The summed E-state index contributed by atoms with van der Waals surface area (Å²) in [6.07, 6.45) is -4.75. The van der Waals surface area contributed by atoms with E-state index < -0.39 is 39.2 Å². The van der Waals surface area contributed by atoms with Crippen LogP contribution >= 0.6 is 0 Å². The summed E-state index contributed by atoms with van der Waals surface area (Å²) in [7, 11) is -4.62. The lowest BCUT2D eigenvalue weighted by Crippen LogP contribution is -2.34. The zero-order chi connectivity index (χ0) is 14.8. The molecule has 0 heterocycles. The summed E-state index contributed by atoms with van der Waals surface area (Å²) in [5.74, 6) is -1.59. The number of carboxylic acids is 1. The van der Waals surface area contributed by atoms with Gasteiger partial charge in [0.25, 0.3) is 0 Å². The molecule has 6 nitrogen and oxygen atoms in total. The number of carbonyl (C=O) groups is 1. The number of nitrogens with one attached hydrogen (secondary N) is 1. The van der Waals surface area contributed by atoms with Crippen molar-refractivity contribution in [1.29, 1.82) is 0 Å². The van der Waals surface area contributed by atoms with Crippen molar-refractivity contribution < 1.29 is 31.5 Å². The van der Waals surface area contributed by atoms with Crippen LogP contribution in [-0.2, 0) is 10.0 Å². The maximum absolute atomic E-state index is 12.0. The molecule has 0 spiro atoms. The Balaban J connectivity index is 3.21. The normalized spacial score (nSPS) is 12.4. The fourth-order valence-corrected chi connectivity index (χ4v) is 2.44. The first-order valence-corrected chi connectivity index (χ1v) is 6.20. The molecule has 0 fully saturated rings. The molecule has 0 aromatic heterocycles. The summed E-state index contributed by atoms with van der Waals surface area (Å²) in [4.78, 5) is 10.0. The van der Waals surface area contributed by atoms with Gasteiger partial charge in [0, 0.05) is 5.69 Å². The lowest BCUT2D eigenvalue weighted by Gasteiger charge is -2.11. The molecule has 1 rings (SSSR count). The van der Waals surface area contributed by atoms with Gasteiger partial charge in [-0.15, -0.1) is 0 Å². The van der Waals surface area contributed by atoms with Crippen molar-refractivity contribution >= 4 is 21.7 Å². The Morgan fingerprint density at radius 1 is 1.37 bits per heavy atom. The van der Waals surface area contributed by atoms with Crippen LogP contribution in [0, 0.1) is 0 Å². The highest BCUT2D eigenvalue weighted by atomic mass is 32.2. The second-order valence-corrected chi connectivity index (χ2v) is 5.24. The fraction of sp³-hybridized carbons (Fsp3) is 0.222. The molecule has 0 saturated carbocycles. The first-order chi connectivity index (χ1) is 8.53. The highest BCUT2D eigenvalue weighted by molar-refractivity contribution is 7.89. The Labute approximate surface area is 106 Å². The van der Waals surface area contributed by atoms with Crippen molar-refractivity contribution in [1.82, 2.24) is 4.72 Å². The zero-order valence-electron chi connectivity index (χ0n) is 9.23. The van der Waals surface area contributed by atoms with Crippen molar-refractivity contribution in [3.63, 3.8) is 0 Å². The highest BCUT2D eigenvalue weighted by Crippen LogP contribution is 2.20. The molecule has 1 aromatic rings. The van der Waals surface area contributed by atoms with Gasteiger partial charge in [-0.25, -0.2) is 17.9 Å². The van der Waals surface area contributed by atoms with E-state index in [2.05, 4.69) is 0 Å². The first kappa shape index (κ1) is 15.2. The quantitative estimate of drug-likeness (QED) is 0.712. The molecule has 19 heavy (non-hydrogen) atoms. The minimum absolute atomic E-state index is 0.0858.